The van der Waals surface area contributed by atoms with Crippen molar-refractivity contribution in [2.24, 2.45) is 5.92 Å². The fourth-order valence-corrected chi connectivity index (χ4v) is 1.75. The summed E-state index contributed by atoms with van der Waals surface area (Å²) in [4.78, 5) is 15.1. The molecule has 0 aliphatic carbocycles. The van der Waals surface area contributed by atoms with E-state index in [1.165, 1.54) is 6.07 Å². The van der Waals surface area contributed by atoms with Gasteiger partial charge in [0.2, 0.25) is 11.7 Å². The van der Waals surface area contributed by atoms with Crippen molar-refractivity contribution in [2.75, 3.05) is 0 Å². The smallest absolute Gasteiger partial charge is 0.307 e. The number of hydrogen-bond acceptors (Lipinski definition) is 4. The van der Waals surface area contributed by atoms with Gasteiger partial charge < -0.3 is 9.63 Å². The molecule has 2 aromatic rings. The predicted molar refractivity (Wildman–Crippen MR) is 69.6 cm³/mol. The van der Waals surface area contributed by atoms with Crippen LogP contribution in [0.4, 0.5) is 4.39 Å². The van der Waals surface area contributed by atoms with E-state index >= 15 is 0 Å². The molecule has 0 aliphatic heterocycles. The molecule has 106 valence electrons. The highest BCUT2D eigenvalue weighted by molar-refractivity contribution is 5.70. The summed E-state index contributed by atoms with van der Waals surface area (Å²) in [6.45, 7) is 4.94. The third kappa shape index (κ3) is 2.68. The van der Waals surface area contributed by atoms with E-state index in [9.17, 15) is 9.18 Å². The molecule has 0 fully saturated rings. The largest absolute Gasteiger partial charge is 0.481 e. The molecule has 0 aliphatic rings. The Morgan fingerprint density at radius 1 is 1.40 bits per heavy atom. The maximum atomic E-state index is 13.2. The highest BCUT2D eigenvalue weighted by atomic mass is 19.1. The first kappa shape index (κ1) is 14.2. The number of carbonyl (C=O) groups is 1. The SMILES string of the molecule is Cc1cc(-c2noc(C(C)C(C)C(=O)O)n2)ccc1F. The summed E-state index contributed by atoms with van der Waals surface area (Å²) in [7, 11) is 0. The third-order valence-electron chi connectivity index (χ3n) is 3.39. The van der Waals surface area contributed by atoms with Gasteiger partial charge in [-0.1, -0.05) is 19.0 Å². The Labute approximate surface area is 115 Å². The first-order chi connectivity index (χ1) is 9.40. The van der Waals surface area contributed by atoms with Gasteiger partial charge in [-0.15, -0.1) is 0 Å². The van der Waals surface area contributed by atoms with Crippen LogP contribution in [0.5, 0.6) is 0 Å². The molecule has 6 heteroatoms. The van der Waals surface area contributed by atoms with Gasteiger partial charge in [0.25, 0.3) is 0 Å². The van der Waals surface area contributed by atoms with E-state index in [0.717, 1.165) is 0 Å². The van der Waals surface area contributed by atoms with Gasteiger partial charge in [-0.3, -0.25) is 4.79 Å². The highest BCUT2D eigenvalue weighted by Crippen LogP contribution is 2.26. The monoisotopic (exact) mass is 278 g/mol. The van der Waals surface area contributed by atoms with E-state index in [2.05, 4.69) is 10.1 Å². The van der Waals surface area contributed by atoms with Crippen molar-refractivity contribution in [1.82, 2.24) is 10.1 Å². The zero-order valence-electron chi connectivity index (χ0n) is 11.4. The topological polar surface area (TPSA) is 76.2 Å². The van der Waals surface area contributed by atoms with E-state index in [-0.39, 0.29) is 11.7 Å². The van der Waals surface area contributed by atoms with Crippen LogP contribution in [0, 0.1) is 18.7 Å². The van der Waals surface area contributed by atoms with Crippen LogP contribution < -0.4 is 0 Å². The van der Waals surface area contributed by atoms with Crippen molar-refractivity contribution in [1.29, 1.82) is 0 Å². The first-order valence-electron chi connectivity index (χ1n) is 6.23. The van der Waals surface area contributed by atoms with E-state index in [4.69, 9.17) is 9.63 Å². The Bertz CT molecular complexity index is 639. The fraction of sp³-hybridized carbons (Fsp3) is 0.357. The summed E-state index contributed by atoms with van der Waals surface area (Å²) >= 11 is 0. The lowest BCUT2D eigenvalue weighted by Gasteiger charge is -2.10. The zero-order valence-corrected chi connectivity index (χ0v) is 11.4. The van der Waals surface area contributed by atoms with Gasteiger partial charge in [0.1, 0.15) is 5.82 Å². The van der Waals surface area contributed by atoms with Gasteiger partial charge in [-0.05, 0) is 30.7 Å². The lowest BCUT2D eigenvalue weighted by molar-refractivity contribution is -0.141. The van der Waals surface area contributed by atoms with Crippen molar-refractivity contribution in [2.45, 2.75) is 26.7 Å². The predicted octanol–water partition coefficient (Wildman–Crippen LogP) is 3.01. The quantitative estimate of drug-likeness (QED) is 0.930. The summed E-state index contributed by atoms with van der Waals surface area (Å²) in [5.41, 5.74) is 1.12. The average molecular weight is 278 g/mol. The van der Waals surface area contributed by atoms with Crippen LogP contribution in [0.15, 0.2) is 22.7 Å². The molecular formula is C14H15FN2O3. The minimum absolute atomic E-state index is 0.261. The molecular weight excluding hydrogens is 263 g/mol. The number of hydrogen-bond donors (Lipinski definition) is 1. The van der Waals surface area contributed by atoms with Crippen LogP contribution >= 0.6 is 0 Å². The van der Waals surface area contributed by atoms with Crippen molar-refractivity contribution < 1.29 is 18.8 Å². The Kier molecular flexibility index (Phi) is 3.83. The maximum absolute atomic E-state index is 13.2. The number of benzene rings is 1. The number of aromatic nitrogens is 2. The summed E-state index contributed by atoms with van der Waals surface area (Å²) in [6, 6.07) is 4.52. The van der Waals surface area contributed by atoms with Gasteiger partial charge >= 0.3 is 5.97 Å². The maximum Gasteiger partial charge on any atom is 0.307 e. The number of rotatable bonds is 4. The minimum atomic E-state index is -0.921. The molecule has 2 rings (SSSR count). The standard InChI is InChI=1S/C14H15FN2O3/c1-7-6-10(4-5-11(7)15)12-16-13(20-17-12)8(2)9(3)14(18)19/h4-6,8-9H,1-3H3,(H,18,19). The van der Waals surface area contributed by atoms with E-state index in [1.54, 1.807) is 32.9 Å². The summed E-state index contributed by atoms with van der Waals surface area (Å²) in [6.07, 6.45) is 0. The lowest BCUT2D eigenvalue weighted by Crippen LogP contribution is -2.16. The van der Waals surface area contributed by atoms with Crippen molar-refractivity contribution in [3.05, 3.63) is 35.5 Å². The normalized spacial score (nSPS) is 14.0. The molecule has 20 heavy (non-hydrogen) atoms. The van der Waals surface area contributed by atoms with Crippen LogP contribution in [0.1, 0.15) is 31.2 Å². The zero-order chi connectivity index (χ0) is 14.9. The molecule has 0 saturated carbocycles. The van der Waals surface area contributed by atoms with E-state index in [1.807, 2.05) is 0 Å². The minimum Gasteiger partial charge on any atom is -0.481 e. The molecule has 1 aromatic heterocycles. The van der Waals surface area contributed by atoms with Crippen molar-refractivity contribution in [3.63, 3.8) is 0 Å². The second kappa shape index (κ2) is 5.40. The van der Waals surface area contributed by atoms with Crippen molar-refractivity contribution in [3.8, 4) is 11.4 Å². The molecule has 1 heterocycles. The molecule has 1 aromatic carbocycles. The average Bonchev–Trinajstić information content (AvgIpc) is 2.89. The van der Waals surface area contributed by atoms with Crippen molar-refractivity contribution >= 4 is 5.97 Å². The molecule has 0 bridgehead atoms. The number of halogens is 1. The Morgan fingerprint density at radius 3 is 2.70 bits per heavy atom. The van der Waals surface area contributed by atoms with Crippen LogP contribution in [0.2, 0.25) is 0 Å². The van der Waals surface area contributed by atoms with Gasteiger partial charge in [-0.2, -0.15) is 4.98 Å². The molecule has 1 N–H and O–H groups in total. The highest BCUT2D eigenvalue weighted by Gasteiger charge is 2.26. The van der Waals surface area contributed by atoms with Gasteiger partial charge in [-0.25, -0.2) is 4.39 Å². The number of nitrogens with zero attached hydrogens (tertiary/aromatic N) is 2. The van der Waals surface area contributed by atoms with Crippen LogP contribution in [0.25, 0.3) is 11.4 Å². The second-order valence-electron chi connectivity index (χ2n) is 4.84. The van der Waals surface area contributed by atoms with Gasteiger partial charge in [0, 0.05) is 11.5 Å². The molecule has 0 spiro atoms. The summed E-state index contributed by atoms with van der Waals surface area (Å²) in [5, 5.41) is 12.8. The van der Waals surface area contributed by atoms with E-state index in [0.29, 0.717) is 17.0 Å². The summed E-state index contributed by atoms with van der Waals surface area (Å²) < 4.78 is 18.3. The third-order valence-corrected chi connectivity index (χ3v) is 3.39. The Morgan fingerprint density at radius 2 is 2.10 bits per heavy atom. The Balaban J connectivity index is 2.28. The number of carboxylic acid groups (broad SMARTS) is 1. The molecule has 2 unspecified atom stereocenters. The van der Waals surface area contributed by atoms with Gasteiger partial charge in [0.15, 0.2) is 0 Å². The second-order valence-corrected chi connectivity index (χ2v) is 4.84. The molecule has 2 atom stereocenters. The lowest BCUT2D eigenvalue weighted by atomic mass is 9.96. The van der Waals surface area contributed by atoms with Crippen LogP contribution in [0.3, 0.4) is 0 Å². The molecule has 0 amide bonds. The first-order valence-corrected chi connectivity index (χ1v) is 6.23. The number of carboxylic acids is 1. The molecule has 5 nitrogen and oxygen atoms in total. The Hall–Kier alpha value is -2.24. The number of aliphatic carboxylic acids is 1. The van der Waals surface area contributed by atoms with Gasteiger partial charge in [0.05, 0.1) is 5.92 Å². The molecule has 0 radical (unpaired) electrons. The number of aryl methyl sites for hydroxylation is 1. The van der Waals surface area contributed by atoms with Crippen LogP contribution in [-0.2, 0) is 4.79 Å². The summed E-state index contributed by atoms with van der Waals surface area (Å²) in [5.74, 6) is -1.65. The fourth-order valence-electron chi connectivity index (χ4n) is 1.75. The van der Waals surface area contributed by atoms with E-state index < -0.39 is 17.8 Å². The molecule has 0 saturated heterocycles. The van der Waals surface area contributed by atoms with Crippen LogP contribution in [-0.4, -0.2) is 21.2 Å².